The number of benzene rings is 4. The fraction of sp³-hybridized carbons (Fsp3) is 0.118. The first kappa shape index (κ1) is 24.7. The molecule has 7 nitrogen and oxygen atoms in total. The van der Waals surface area contributed by atoms with E-state index in [-0.39, 0.29) is 0 Å². The summed E-state index contributed by atoms with van der Waals surface area (Å²) in [5, 5.41) is 2.08. The Morgan fingerprint density at radius 3 is 1.32 bits per heavy atom. The zero-order valence-electron chi connectivity index (χ0n) is 23.5. The van der Waals surface area contributed by atoms with E-state index in [0.29, 0.717) is 0 Å². The lowest BCUT2D eigenvalue weighted by Gasteiger charge is -2.24. The number of aryl methyl sites for hydroxylation is 2. The standard InChI is InChI=1S/C34H30N6O/c1-23-33(35-21-37(23)3)39(25-11-7-5-8-12-25)27-15-17-31-29(19-27)30-20-28(16-18-32(30)41-31)40(26-13-9-6-10-14-26)34-24(2)38(4)22-36-34/h5-22H,1-4H3. The minimum atomic E-state index is 0.840. The van der Waals surface area contributed by atoms with E-state index in [1.165, 1.54) is 0 Å². The number of hydrogen-bond donors (Lipinski definition) is 0. The van der Waals surface area contributed by atoms with Crippen molar-refractivity contribution >= 4 is 56.3 Å². The third kappa shape index (κ3) is 4.14. The van der Waals surface area contributed by atoms with Crippen molar-refractivity contribution in [3.8, 4) is 0 Å². The van der Waals surface area contributed by atoms with Gasteiger partial charge in [0.25, 0.3) is 0 Å². The maximum absolute atomic E-state index is 6.32. The number of anilines is 6. The van der Waals surface area contributed by atoms with Gasteiger partial charge in [-0.1, -0.05) is 36.4 Å². The van der Waals surface area contributed by atoms with Gasteiger partial charge in [-0.2, -0.15) is 0 Å². The monoisotopic (exact) mass is 538 g/mol. The molecule has 0 N–H and O–H groups in total. The molecule has 0 saturated carbocycles. The van der Waals surface area contributed by atoms with Crippen molar-refractivity contribution in [1.82, 2.24) is 19.1 Å². The van der Waals surface area contributed by atoms with Crippen molar-refractivity contribution in [3.63, 3.8) is 0 Å². The van der Waals surface area contributed by atoms with E-state index in [9.17, 15) is 0 Å². The number of rotatable bonds is 6. The van der Waals surface area contributed by atoms with Crippen LogP contribution in [0.15, 0.2) is 114 Å². The Kier molecular flexibility index (Phi) is 5.86. The Bertz CT molecular complexity index is 1860. The van der Waals surface area contributed by atoms with Gasteiger partial charge in [0.1, 0.15) is 11.2 Å². The van der Waals surface area contributed by atoms with Gasteiger partial charge >= 0.3 is 0 Å². The summed E-state index contributed by atoms with van der Waals surface area (Å²) < 4.78 is 10.4. The van der Waals surface area contributed by atoms with Gasteiger partial charge in [-0.15, -0.1) is 0 Å². The molecule has 0 aliphatic carbocycles. The average molecular weight is 539 g/mol. The van der Waals surface area contributed by atoms with Gasteiger partial charge in [-0.05, 0) is 74.5 Å². The number of aromatic nitrogens is 4. The molecular weight excluding hydrogens is 508 g/mol. The predicted molar refractivity (Wildman–Crippen MR) is 166 cm³/mol. The molecule has 0 amide bonds. The molecule has 0 spiro atoms. The first-order chi connectivity index (χ1) is 20.0. The topological polar surface area (TPSA) is 55.3 Å². The summed E-state index contributed by atoms with van der Waals surface area (Å²) in [4.78, 5) is 13.9. The summed E-state index contributed by atoms with van der Waals surface area (Å²) in [6.07, 6.45) is 3.72. The summed E-state index contributed by atoms with van der Waals surface area (Å²) in [7, 11) is 4.04. The summed E-state index contributed by atoms with van der Waals surface area (Å²) in [5.41, 5.74) is 7.96. The van der Waals surface area contributed by atoms with Crippen molar-refractivity contribution in [3.05, 3.63) is 121 Å². The molecule has 4 aromatic carbocycles. The van der Waals surface area contributed by atoms with E-state index >= 15 is 0 Å². The van der Waals surface area contributed by atoms with Crippen molar-refractivity contribution in [1.29, 1.82) is 0 Å². The van der Waals surface area contributed by atoms with E-state index in [0.717, 1.165) is 67.7 Å². The fourth-order valence-electron chi connectivity index (χ4n) is 5.37. The average Bonchev–Trinajstić information content (AvgIpc) is 3.65. The summed E-state index contributed by atoms with van der Waals surface area (Å²) >= 11 is 0. The van der Waals surface area contributed by atoms with E-state index in [4.69, 9.17) is 14.4 Å². The lowest BCUT2D eigenvalue weighted by molar-refractivity contribution is 0.669. The molecule has 3 aromatic heterocycles. The predicted octanol–water partition coefficient (Wildman–Crippen LogP) is 8.61. The molecule has 0 unspecified atom stereocenters. The first-order valence-electron chi connectivity index (χ1n) is 13.6. The Morgan fingerprint density at radius 2 is 0.951 bits per heavy atom. The quantitative estimate of drug-likeness (QED) is 0.212. The highest BCUT2D eigenvalue weighted by Gasteiger charge is 2.22. The normalized spacial score (nSPS) is 11.4. The number of imidazole rings is 2. The van der Waals surface area contributed by atoms with Gasteiger partial charge in [0, 0.05) is 47.6 Å². The molecule has 7 rings (SSSR count). The molecule has 3 heterocycles. The summed E-state index contributed by atoms with van der Waals surface area (Å²) in [6.45, 7) is 4.18. The lowest BCUT2D eigenvalue weighted by atomic mass is 10.1. The van der Waals surface area contributed by atoms with Crippen LogP contribution in [0.4, 0.5) is 34.4 Å². The fourth-order valence-corrected chi connectivity index (χ4v) is 5.37. The number of para-hydroxylation sites is 2. The number of furan rings is 1. The summed E-state index contributed by atoms with van der Waals surface area (Å²) in [5.74, 6) is 1.79. The molecule has 0 aliphatic rings. The maximum atomic E-state index is 6.32. The van der Waals surface area contributed by atoms with Crippen LogP contribution < -0.4 is 9.80 Å². The summed E-state index contributed by atoms with van der Waals surface area (Å²) in [6, 6.07) is 33.4. The molecule has 0 saturated heterocycles. The minimum absolute atomic E-state index is 0.840. The Balaban J connectivity index is 1.42. The maximum Gasteiger partial charge on any atom is 0.158 e. The molecule has 0 bridgehead atoms. The second kappa shape index (κ2) is 9.71. The zero-order valence-corrected chi connectivity index (χ0v) is 23.5. The van der Waals surface area contributed by atoms with Crippen LogP contribution >= 0.6 is 0 Å². The Labute approximate surface area is 238 Å². The largest absolute Gasteiger partial charge is 0.456 e. The number of fused-ring (bicyclic) bond motifs is 3. The minimum Gasteiger partial charge on any atom is -0.456 e. The van der Waals surface area contributed by atoms with Gasteiger partial charge in [-0.25, -0.2) is 9.97 Å². The van der Waals surface area contributed by atoms with Crippen molar-refractivity contribution < 1.29 is 4.42 Å². The third-order valence-electron chi connectivity index (χ3n) is 7.82. The van der Waals surface area contributed by atoms with E-state index in [1.807, 2.05) is 48.0 Å². The molecule has 41 heavy (non-hydrogen) atoms. The number of hydrogen-bond acceptors (Lipinski definition) is 5. The van der Waals surface area contributed by atoms with Crippen molar-refractivity contribution in [2.45, 2.75) is 13.8 Å². The van der Waals surface area contributed by atoms with Crippen molar-refractivity contribution in [2.24, 2.45) is 14.1 Å². The van der Waals surface area contributed by atoms with Crippen LogP contribution in [-0.4, -0.2) is 19.1 Å². The van der Waals surface area contributed by atoms with Gasteiger partial charge in [0.15, 0.2) is 11.6 Å². The molecule has 0 aliphatic heterocycles. The molecule has 0 atom stereocenters. The highest BCUT2D eigenvalue weighted by Crippen LogP contribution is 2.41. The van der Waals surface area contributed by atoms with Crippen LogP contribution in [0.2, 0.25) is 0 Å². The Hall–Kier alpha value is -5.30. The van der Waals surface area contributed by atoms with E-state index in [2.05, 4.69) is 109 Å². The zero-order chi connectivity index (χ0) is 28.1. The van der Waals surface area contributed by atoms with Crippen molar-refractivity contribution in [2.75, 3.05) is 9.80 Å². The first-order valence-corrected chi connectivity index (χ1v) is 13.6. The molecular formula is C34H30N6O. The molecule has 202 valence electrons. The number of nitrogens with zero attached hydrogens (tertiary/aromatic N) is 6. The van der Waals surface area contributed by atoms with Gasteiger partial charge in [0.2, 0.25) is 0 Å². The lowest BCUT2D eigenvalue weighted by Crippen LogP contribution is -2.12. The Morgan fingerprint density at radius 1 is 0.537 bits per heavy atom. The van der Waals surface area contributed by atoms with Crippen LogP contribution in [0, 0.1) is 13.8 Å². The van der Waals surface area contributed by atoms with Gasteiger partial charge in [0.05, 0.1) is 24.0 Å². The highest BCUT2D eigenvalue weighted by atomic mass is 16.3. The van der Waals surface area contributed by atoms with Gasteiger partial charge in [-0.3, -0.25) is 9.80 Å². The SMILES string of the molecule is Cc1c(N(c2ccccc2)c2ccc3oc4ccc(N(c5ccccc5)c5ncn(C)c5C)cc4c3c2)ncn1C. The molecule has 0 fully saturated rings. The van der Waals surface area contributed by atoms with E-state index in [1.54, 1.807) is 0 Å². The van der Waals surface area contributed by atoms with Crippen LogP contribution in [-0.2, 0) is 14.1 Å². The van der Waals surface area contributed by atoms with Crippen LogP contribution in [0.5, 0.6) is 0 Å². The smallest absolute Gasteiger partial charge is 0.158 e. The van der Waals surface area contributed by atoms with E-state index < -0.39 is 0 Å². The van der Waals surface area contributed by atoms with Crippen LogP contribution in [0.1, 0.15) is 11.4 Å². The molecule has 0 radical (unpaired) electrons. The van der Waals surface area contributed by atoms with Crippen LogP contribution in [0.3, 0.4) is 0 Å². The third-order valence-corrected chi connectivity index (χ3v) is 7.82. The van der Waals surface area contributed by atoms with Gasteiger partial charge < -0.3 is 13.6 Å². The van der Waals surface area contributed by atoms with Crippen LogP contribution in [0.25, 0.3) is 21.9 Å². The molecule has 7 heteroatoms. The molecule has 7 aromatic rings. The highest BCUT2D eigenvalue weighted by molar-refractivity contribution is 6.08. The second-order valence-electron chi connectivity index (χ2n) is 10.3. The second-order valence-corrected chi connectivity index (χ2v) is 10.3.